The Morgan fingerprint density at radius 2 is 1.75 bits per heavy atom. The smallest absolute Gasteiger partial charge is 0.331 e. The van der Waals surface area contributed by atoms with E-state index in [9.17, 15) is 0 Å². The Morgan fingerprint density at radius 3 is 2.19 bits per heavy atom. The van der Waals surface area contributed by atoms with Crippen LogP contribution in [0, 0.1) is 0 Å². The first kappa shape index (κ1) is 11.9. The van der Waals surface area contributed by atoms with Gasteiger partial charge in [0.15, 0.2) is 5.76 Å². The first-order valence-electron chi connectivity index (χ1n) is 6.09. The molecule has 0 aromatic carbocycles. The van der Waals surface area contributed by atoms with Crippen molar-refractivity contribution in [1.29, 1.82) is 0 Å². The fraction of sp³-hybridized carbons (Fsp3) is 0.846. The molecule has 2 heterocycles. The predicted molar refractivity (Wildman–Crippen MR) is 63.3 cm³/mol. The lowest BCUT2D eigenvalue weighted by atomic mass is 9.79. The molecule has 0 amide bonds. The lowest BCUT2D eigenvalue weighted by molar-refractivity contribution is -1.01. The van der Waals surface area contributed by atoms with Crippen LogP contribution < -0.4 is 0 Å². The molecule has 3 heteroatoms. The summed E-state index contributed by atoms with van der Waals surface area (Å²) in [5.74, 6) is 0.753. The van der Waals surface area contributed by atoms with Crippen molar-refractivity contribution in [2.24, 2.45) is 0 Å². The second kappa shape index (κ2) is 3.23. The van der Waals surface area contributed by atoms with E-state index in [1.807, 2.05) is 0 Å². The summed E-state index contributed by atoms with van der Waals surface area (Å²) in [6.45, 7) is 13.1. The Labute approximate surface area is 98.6 Å². The summed E-state index contributed by atoms with van der Waals surface area (Å²) in [5, 5.41) is 0. The highest BCUT2D eigenvalue weighted by molar-refractivity contribution is 4.98. The first-order valence-corrected chi connectivity index (χ1v) is 6.09. The van der Waals surface area contributed by atoms with Crippen LogP contribution in [0.25, 0.3) is 0 Å². The molecule has 0 N–H and O–H groups in total. The number of quaternary nitrogens is 1. The van der Waals surface area contributed by atoms with Crippen LogP contribution in [0.15, 0.2) is 12.3 Å². The molecule has 3 nitrogen and oxygen atoms in total. The molecule has 1 atom stereocenters. The average Bonchev–Trinajstić information content (AvgIpc) is 2.91. The molecule has 0 aromatic rings. The third kappa shape index (κ3) is 1.28. The highest BCUT2D eigenvalue weighted by Crippen LogP contribution is 2.58. The van der Waals surface area contributed by atoms with Gasteiger partial charge in [-0.2, -0.15) is 0 Å². The van der Waals surface area contributed by atoms with Crippen LogP contribution in [0.2, 0.25) is 0 Å². The van der Waals surface area contributed by atoms with Gasteiger partial charge in [-0.05, 0) is 34.1 Å². The highest BCUT2D eigenvalue weighted by Gasteiger charge is 2.77. The summed E-state index contributed by atoms with van der Waals surface area (Å²) >= 11 is 0. The second-order valence-electron chi connectivity index (χ2n) is 6.26. The van der Waals surface area contributed by atoms with Crippen molar-refractivity contribution in [3.63, 3.8) is 0 Å². The zero-order chi connectivity index (χ0) is 12.2. The van der Waals surface area contributed by atoms with Gasteiger partial charge in [-0.15, -0.1) is 9.48 Å². The van der Waals surface area contributed by atoms with Gasteiger partial charge in [-0.25, -0.2) is 0 Å². The van der Waals surface area contributed by atoms with E-state index in [4.69, 9.17) is 9.57 Å². The third-order valence-corrected chi connectivity index (χ3v) is 4.46. The Balaban J connectivity index is 2.33. The summed E-state index contributed by atoms with van der Waals surface area (Å²) in [6.07, 6.45) is 3.69. The molecule has 0 bridgehead atoms. The molecule has 2 rings (SSSR count). The molecule has 92 valence electrons. The molecule has 0 aliphatic carbocycles. The maximum atomic E-state index is 6.04. The topological polar surface area (TPSA) is 21.8 Å². The quantitative estimate of drug-likeness (QED) is 0.410. The molecular weight excluding hydrogens is 202 g/mol. The van der Waals surface area contributed by atoms with Gasteiger partial charge in [0.25, 0.3) is 0 Å². The Hall–Kier alpha value is -0.540. The number of rotatable bonds is 2. The molecule has 1 spiro atoms. The Bertz CT molecular complexity index is 304. The molecule has 2 aliphatic rings. The van der Waals surface area contributed by atoms with Gasteiger partial charge in [0.05, 0.1) is 7.11 Å². The molecule has 0 aromatic heterocycles. The molecular formula is C13H24NO2+. The van der Waals surface area contributed by atoms with E-state index >= 15 is 0 Å². The van der Waals surface area contributed by atoms with Crippen molar-refractivity contribution < 1.29 is 14.2 Å². The number of piperidine rings is 1. The van der Waals surface area contributed by atoms with Gasteiger partial charge in [0, 0.05) is 12.8 Å². The molecule has 1 unspecified atom stereocenters. The summed E-state index contributed by atoms with van der Waals surface area (Å²) in [6, 6.07) is 0. The molecule has 0 radical (unpaired) electrons. The Kier molecular flexibility index (Phi) is 2.41. The van der Waals surface area contributed by atoms with Crippen LogP contribution in [0.4, 0.5) is 0 Å². The maximum Gasteiger partial charge on any atom is 0.331 e. The summed E-state index contributed by atoms with van der Waals surface area (Å²) in [5.41, 5.74) is 0.293. The van der Waals surface area contributed by atoms with Crippen molar-refractivity contribution in [2.75, 3.05) is 7.11 Å². The first-order chi connectivity index (χ1) is 7.28. The lowest BCUT2D eigenvalue weighted by Crippen LogP contribution is -2.62. The third-order valence-electron chi connectivity index (χ3n) is 4.46. The van der Waals surface area contributed by atoms with Crippen LogP contribution in [-0.2, 0) is 9.57 Å². The van der Waals surface area contributed by atoms with E-state index in [1.54, 1.807) is 7.11 Å². The summed E-state index contributed by atoms with van der Waals surface area (Å²) in [4.78, 5) is 6.04. The van der Waals surface area contributed by atoms with Gasteiger partial charge < -0.3 is 4.74 Å². The minimum Gasteiger partial charge on any atom is -0.493 e. The van der Waals surface area contributed by atoms with E-state index in [0.29, 0.717) is 4.65 Å². The number of hydrogen-bond donors (Lipinski definition) is 0. The van der Waals surface area contributed by atoms with Crippen molar-refractivity contribution in [2.45, 2.75) is 64.3 Å². The zero-order valence-corrected chi connectivity index (χ0v) is 11.2. The van der Waals surface area contributed by atoms with E-state index in [-0.39, 0.29) is 17.3 Å². The fourth-order valence-corrected chi connectivity index (χ4v) is 3.52. The SMILES string of the molecule is C=C(OC)C1O[N+]12C(C)(C)CCCC2(C)C. The minimum atomic E-state index is 0.0234. The van der Waals surface area contributed by atoms with Gasteiger partial charge in [0.1, 0.15) is 11.1 Å². The highest BCUT2D eigenvalue weighted by atomic mass is 16.9. The van der Waals surface area contributed by atoms with E-state index in [2.05, 4.69) is 34.3 Å². The van der Waals surface area contributed by atoms with Crippen LogP contribution in [0.3, 0.4) is 0 Å². The van der Waals surface area contributed by atoms with Crippen LogP contribution >= 0.6 is 0 Å². The molecule has 2 aliphatic heterocycles. The molecule has 2 fully saturated rings. The lowest BCUT2D eigenvalue weighted by Gasteiger charge is -2.46. The van der Waals surface area contributed by atoms with Gasteiger partial charge in [-0.3, -0.25) is 0 Å². The monoisotopic (exact) mass is 226 g/mol. The standard InChI is InChI=1S/C13H24NO2/c1-10(15-6)11-14(16-11)12(2,3)8-7-9-13(14,4)5/h11H,1,7-9H2,2-6H3/q+1. The second-order valence-corrected chi connectivity index (χ2v) is 6.26. The number of hydroxylamine groups is 3. The molecule has 2 saturated heterocycles. The van der Waals surface area contributed by atoms with Crippen molar-refractivity contribution in [3.05, 3.63) is 12.3 Å². The van der Waals surface area contributed by atoms with Crippen molar-refractivity contribution in [3.8, 4) is 0 Å². The zero-order valence-electron chi connectivity index (χ0n) is 11.2. The summed E-state index contributed by atoms with van der Waals surface area (Å²) in [7, 11) is 1.67. The van der Waals surface area contributed by atoms with Gasteiger partial charge in [-0.1, -0.05) is 6.58 Å². The summed E-state index contributed by atoms with van der Waals surface area (Å²) < 4.78 is 5.94. The van der Waals surface area contributed by atoms with E-state index < -0.39 is 0 Å². The van der Waals surface area contributed by atoms with Crippen LogP contribution in [0.5, 0.6) is 0 Å². The van der Waals surface area contributed by atoms with Crippen LogP contribution in [0.1, 0.15) is 47.0 Å². The Morgan fingerprint density at radius 1 is 1.25 bits per heavy atom. The normalized spacial score (nSPS) is 33.4. The van der Waals surface area contributed by atoms with Crippen molar-refractivity contribution in [1.82, 2.24) is 0 Å². The molecule has 16 heavy (non-hydrogen) atoms. The van der Waals surface area contributed by atoms with E-state index in [1.165, 1.54) is 19.3 Å². The molecule has 0 saturated carbocycles. The number of ether oxygens (including phenoxy) is 1. The largest absolute Gasteiger partial charge is 0.493 e. The maximum absolute atomic E-state index is 6.04. The number of nitrogens with zero attached hydrogens (tertiary/aromatic N) is 1. The van der Waals surface area contributed by atoms with Crippen LogP contribution in [-0.4, -0.2) is 29.1 Å². The average molecular weight is 226 g/mol. The fourth-order valence-electron chi connectivity index (χ4n) is 3.52. The van der Waals surface area contributed by atoms with Gasteiger partial charge in [0.2, 0.25) is 0 Å². The van der Waals surface area contributed by atoms with Crippen molar-refractivity contribution >= 4 is 0 Å². The minimum absolute atomic E-state index is 0.0234. The predicted octanol–water partition coefficient (Wildman–Crippen LogP) is 2.98. The van der Waals surface area contributed by atoms with Gasteiger partial charge >= 0.3 is 6.23 Å². The van der Waals surface area contributed by atoms with E-state index in [0.717, 1.165) is 5.76 Å². The number of methoxy groups -OCH3 is 1. The number of hydrogen-bond acceptors (Lipinski definition) is 2.